The molecular formula is C11H15NO2. The molecule has 0 aromatic heterocycles. The Hall–Kier alpha value is -1.51. The zero-order valence-corrected chi connectivity index (χ0v) is 8.76. The second-order valence-electron chi connectivity index (χ2n) is 2.95. The minimum atomic E-state index is 0.207. The molecule has 0 spiro atoms. The van der Waals surface area contributed by atoms with Gasteiger partial charge < -0.3 is 9.47 Å². The number of methoxy groups -OCH3 is 1. The van der Waals surface area contributed by atoms with Crippen molar-refractivity contribution in [2.24, 2.45) is 0 Å². The van der Waals surface area contributed by atoms with Gasteiger partial charge in [-0.05, 0) is 37.6 Å². The summed E-state index contributed by atoms with van der Waals surface area (Å²) in [4.78, 5) is 0. The fraction of sp³-hybridized carbons (Fsp3) is 0.364. The van der Waals surface area contributed by atoms with E-state index >= 15 is 0 Å². The van der Waals surface area contributed by atoms with E-state index in [0.29, 0.717) is 6.61 Å². The van der Waals surface area contributed by atoms with Crippen molar-refractivity contribution in [2.75, 3.05) is 13.7 Å². The van der Waals surface area contributed by atoms with E-state index in [1.54, 1.807) is 7.11 Å². The lowest BCUT2D eigenvalue weighted by Gasteiger charge is -2.08. The van der Waals surface area contributed by atoms with Crippen LogP contribution in [0.3, 0.4) is 0 Å². The minimum Gasteiger partial charge on any atom is -0.496 e. The van der Waals surface area contributed by atoms with Crippen LogP contribution < -0.4 is 4.74 Å². The SMILES string of the molecule is CCOC(=N)c1ccc(OC)c(C)c1. The van der Waals surface area contributed by atoms with Crippen molar-refractivity contribution >= 4 is 5.90 Å². The van der Waals surface area contributed by atoms with Gasteiger partial charge in [0.05, 0.1) is 13.7 Å². The number of nitrogens with one attached hydrogen (secondary N) is 1. The van der Waals surface area contributed by atoms with Crippen LogP contribution in [0.25, 0.3) is 0 Å². The maximum Gasteiger partial charge on any atom is 0.213 e. The van der Waals surface area contributed by atoms with Crippen molar-refractivity contribution in [2.45, 2.75) is 13.8 Å². The van der Waals surface area contributed by atoms with Crippen molar-refractivity contribution in [1.29, 1.82) is 5.41 Å². The summed E-state index contributed by atoms with van der Waals surface area (Å²) >= 11 is 0. The molecule has 0 aliphatic heterocycles. The first-order valence-corrected chi connectivity index (χ1v) is 4.55. The third-order valence-corrected chi connectivity index (χ3v) is 1.95. The number of ether oxygens (including phenoxy) is 2. The Bertz CT molecular complexity index is 334. The van der Waals surface area contributed by atoms with E-state index in [-0.39, 0.29) is 5.90 Å². The van der Waals surface area contributed by atoms with E-state index in [2.05, 4.69) is 0 Å². The van der Waals surface area contributed by atoms with E-state index in [9.17, 15) is 0 Å². The number of benzene rings is 1. The quantitative estimate of drug-likeness (QED) is 0.591. The summed E-state index contributed by atoms with van der Waals surface area (Å²) in [5.74, 6) is 1.04. The maximum atomic E-state index is 7.59. The molecule has 1 rings (SSSR count). The molecule has 0 radical (unpaired) electrons. The largest absolute Gasteiger partial charge is 0.496 e. The third-order valence-electron chi connectivity index (χ3n) is 1.95. The van der Waals surface area contributed by atoms with Gasteiger partial charge in [-0.25, -0.2) is 0 Å². The first-order valence-electron chi connectivity index (χ1n) is 4.55. The van der Waals surface area contributed by atoms with Crippen molar-refractivity contribution in [3.05, 3.63) is 29.3 Å². The lowest BCUT2D eigenvalue weighted by molar-refractivity contribution is 0.325. The molecule has 0 fully saturated rings. The van der Waals surface area contributed by atoms with Gasteiger partial charge >= 0.3 is 0 Å². The number of hydrogen-bond acceptors (Lipinski definition) is 3. The van der Waals surface area contributed by atoms with E-state index in [1.165, 1.54) is 0 Å². The average Bonchev–Trinajstić information content (AvgIpc) is 2.18. The molecule has 0 heterocycles. The normalized spacial score (nSPS) is 9.64. The van der Waals surface area contributed by atoms with Crippen LogP contribution in [0.4, 0.5) is 0 Å². The molecule has 0 bridgehead atoms. The Morgan fingerprint density at radius 2 is 2.14 bits per heavy atom. The number of hydrogen-bond donors (Lipinski definition) is 1. The standard InChI is InChI=1S/C11H15NO2/c1-4-14-11(12)9-5-6-10(13-3)8(2)7-9/h5-7,12H,4H2,1-3H3. The van der Waals surface area contributed by atoms with Crippen molar-refractivity contribution in [1.82, 2.24) is 0 Å². The monoisotopic (exact) mass is 193 g/mol. The highest BCUT2D eigenvalue weighted by atomic mass is 16.5. The molecule has 3 nitrogen and oxygen atoms in total. The summed E-state index contributed by atoms with van der Waals surface area (Å²) in [5.41, 5.74) is 1.79. The Labute approximate surface area is 84.2 Å². The Morgan fingerprint density at radius 3 is 2.64 bits per heavy atom. The van der Waals surface area contributed by atoms with Gasteiger partial charge in [-0.2, -0.15) is 0 Å². The summed E-state index contributed by atoms with van der Waals surface area (Å²) < 4.78 is 10.2. The highest BCUT2D eigenvalue weighted by molar-refractivity contribution is 5.91. The number of aryl methyl sites for hydroxylation is 1. The van der Waals surface area contributed by atoms with Gasteiger partial charge in [0.2, 0.25) is 5.90 Å². The zero-order chi connectivity index (χ0) is 10.6. The lowest BCUT2D eigenvalue weighted by Crippen LogP contribution is -2.05. The smallest absolute Gasteiger partial charge is 0.213 e. The van der Waals surface area contributed by atoms with Gasteiger partial charge in [-0.3, -0.25) is 5.41 Å². The van der Waals surface area contributed by atoms with Gasteiger partial charge in [0, 0.05) is 5.56 Å². The fourth-order valence-corrected chi connectivity index (χ4v) is 1.25. The summed E-state index contributed by atoms with van der Waals surface area (Å²) in [6.45, 7) is 4.33. The molecule has 76 valence electrons. The Morgan fingerprint density at radius 1 is 1.43 bits per heavy atom. The van der Waals surface area contributed by atoms with Crippen LogP contribution >= 0.6 is 0 Å². The molecule has 0 aliphatic rings. The molecule has 0 atom stereocenters. The summed E-state index contributed by atoms with van der Waals surface area (Å²) in [6, 6.07) is 5.55. The van der Waals surface area contributed by atoms with Crippen molar-refractivity contribution in [3.8, 4) is 5.75 Å². The van der Waals surface area contributed by atoms with Crippen molar-refractivity contribution in [3.63, 3.8) is 0 Å². The molecule has 0 aliphatic carbocycles. The highest BCUT2D eigenvalue weighted by Crippen LogP contribution is 2.18. The van der Waals surface area contributed by atoms with Crippen LogP contribution in [0.1, 0.15) is 18.1 Å². The third kappa shape index (κ3) is 2.25. The van der Waals surface area contributed by atoms with E-state index in [1.807, 2.05) is 32.0 Å². The van der Waals surface area contributed by atoms with Crippen LogP contribution in [0.2, 0.25) is 0 Å². The van der Waals surface area contributed by atoms with Crippen LogP contribution in [0, 0.1) is 12.3 Å². The molecule has 0 saturated carbocycles. The molecule has 0 amide bonds. The van der Waals surface area contributed by atoms with Crippen molar-refractivity contribution < 1.29 is 9.47 Å². The van der Waals surface area contributed by atoms with Gasteiger partial charge in [0.1, 0.15) is 5.75 Å². The molecular weight excluding hydrogens is 178 g/mol. The summed E-state index contributed by atoms with van der Waals surface area (Å²) in [7, 11) is 1.63. The van der Waals surface area contributed by atoms with E-state index in [0.717, 1.165) is 16.9 Å². The van der Waals surface area contributed by atoms with Crippen LogP contribution in [0.5, 0.6) is 5.75 Å². The first-order chi connectivity index (χ1) is 6.69. The molecule has 3 heteroatoms. The minimum absolute atomic E-state index is 0.207. The lowest BCUT2D eigenvalue weighted by atomic mass is 10.1. The van der Waals surface area contributed by atoms with Gasteiger partial charge in [0.15, 0.2) is 0 Å². The van der Waals surface area contributed by atoms with Crippen LogP contribution in [-0.4, -0.2) is 19.6 Å². The van der Waals surface area contributed by atoms with Gasteiger partial charge in [0.25, 0.3) is 0 Å². The predicted molar refractivity (Wildman–Crippen MR) is 56.2 cm³/mol. The fourth-order valence-electron chi connectivity index (χ4n) is 1.25. The maximum absolute atomic E-state index is 7.59. The van der Waals surface area contributed by atoms with Gasteiger partial charge in [-0.15, -0.1) is 0 Å². The zero-order valence-electron chi connectivity index (χ0n) is 8.76. The second-order valence-corrected chi connectivity index (χ2v) is 2.95. The molecule has 1 aromatic rings. The van der Waals surface area contributed by atoms with E-state index < -0.39 is 0 Å². The first kappa shape index (κ1) is 10.6. The molecule has 1 aromatic carbocycles. The predicted octanol–water partition coefficient (Wildman–Crippen LogP) is 2.37. The van der Waals surface area contributed by atoms with Crippen LogP contribution in [-0.2, 0) is 4.74 Å². The Balaban J connectivity index is 2.91. The molecule has 1 N–H and O–H groups in total. The number of rotatable bonds is 3. The second kappa shape index (κ2) is 4.65. The van der Waals surface area contributed by atoms with E-state index in [4.69, 9.17) is 14.9 Å². The highest BCUT2D eigenvalue weighted by Gasteiger charge is 2.04. The summed E-state index contributed by atoms with van der Waals surface area (Å²) in [5, 5.41) is 7.59. The molecule has 0 saturated heterocycles. The molecule has 0 unspecified atom stereocenters. The summed E-state index contributed by atoms with van der Waals surface area (Å²) in [6.07, 6.45) is 0. The van der Waals surface area contributed by atoms with Crippen LogP contribution in [0.15, 0.2) is 18.2 Å². The topological polar surface area (TPSA) is 42.3 Å². The van der Waals surface area contributed by atoms with Gasteiger partial charge in [-0.1, -0.05) is 0 Å². The Kier molecular flexibility index (Phi) is 3.51. The average molecular weight is 193 g/mol. The molecule has 14 heavy (non-hydrogen) atoms.